The van der Waals surface area contributed by atoms with Crippen molar-refractivity contribution in [2.75, 3.05) is 13.1 Å². The Balaban J connectivity index is 2.62. The van der Waals surface area contributed by atoms with E-state index in [1.165, 1.54) is 4.88 Å². The first-order chi connectivity index (χ1) is 7.04. The van der Waals surface area contributed by atoms with Crippen molar-refractivity contribution < 1.29 is 4.79 Å². The van der Waals surface area contributed by atoms with Crippen molar-refractivity contribution in [2.45, 2.75) is 33.7 Å². The maximum atomic E-state index is 11.9. The third kappa shape index (κ3) is 3.43. The van der Waals surface area contributed by atoms with Gasteiger partial charge < -0.3 is 0 Å². The van der Waals surface area contributed by atoms with E-state index >= 15 is 0 Å². The van der Waals surface area contributed by atoms with Crippen LogP contribution < -0.4 is 0 Å². The lowest BCUT2D eigenvalue weighted by Gasteiger charge is -2.23. The molecule has 0 spiro atoms. The minimum absolute atomic E-state index is 0.239. The molecule has 84 valence electrons. The highest BCUT2D eigenvalue weighted by atomic mass is 32.1. The van der Waals surface area contributed by atoms with Crippen molar-refractivity contribution >= 4 is 17.1 Å². The van der Waals surface area contributed by atoms with Gasteiger partial charge >= 0.3 is 0 Å². The van der Waals surface area contributed by atoms with Gasteiger partial charge in [-0.3, -0.25) is 9.69 Å². The average molecular weight is 225 g/mol. The van der Waals surface area contributed by atoms with E-state index in [1.807, 2.05) is 19.1 Å². The van der Waals surface area contributed by atoms with Gasteiger partial charge in [-0.15, -0.1) is 11.3 Å². The number of Topliss-reactive ketones (excluding diaryl/α,β-unsaturated/α-hetero) is 1. The van der Waals surface area contributed by atoms with Crippen LogP contribution >= 0.6 is 11.3 Å². The number of nitrogens with zero attached hydrogens (tertiary/aromatic N) is 1. The van der Waals surface area contributed by atoms with Crippen LogP contribution in [-0.2, 0) is 0 Å². The highest BCUT2D eigenvalue weighted by Crippen LogP contribution is 2.16. The van der Waals surface area contributed by atoms with Crippen LogP contribution in [0, 0.1) is 6.92 Å². The molecule has 0 N–H and O–H groups in total. The first kappa shape index (κ1) is 12.4. The molecule has 0 aliphatic heterocycles. The Hall–Kier alpha value is -0.670. The van der Waals surface area contributed by atoms with Gasteiger partial charge in [-0.25, -0.2) is 0 Å². The number of aryl methyl sites for hydroxylation is 1. The van der Waals surface area contributed by atoms with Gasteiger partial charge in [0.05, 0.1) is 11.4 Å². The van der Waals surface area contributed by atoms with Gasteiger partial charge in [0.15, 0.2) is 5.78 Å². The number of hydrogen-bond acceptors (Lipinski definition) is 3. The maximum absolute atomic E-state index is 11.9. The molecule has 1 aromatic heterocycles. The summed E-state index contributed by atoms with van der Waals surface area (Å²) in [6.45, 7) is 9.82. The van der Waals surface area contributed by atoms with Crippen molar-refractivity contribution in [2.24, 2.45) is 0 Å². The number of hydrogen-bond donors (Lipinski definition) is 0. The number of carbonyl (C=O) groups is 1. The molecule has 15 heavy (non-hydrogen) atoms. The summed E-state index contributed by atoms with van der Waals surface area (Å²) in [6.07, 6.45) is 0. The molecule has 0 bridgehead atoms. The van der Waals surface area contributed by atoms with Crippen LogP contribution in [0.4, 0.5) is 0 Å². The molecule has 0 aliphatic carbocycles. The Morgan fingerprint density at radius 3 is 2.53 bits per heavy atom. The molecule has 0 amide bonds. The smallest absolute Gasteiger partial charge is 0.186 e. The second kappa shape index (κ2) is 5.42. The number of carbonyl (C=O) groups excluding carboxylic acids is 1. The molecule has 0 saturated carbocycles. The monoisotopic (exact) mass is 225 g/mol. The van der Waals surface area contributed by atoms with Crippen LogP contribution in [0.3, 0.4) is 0 Å². The van der Waals surface area contributed by atoms with Gasteiger partial charge in [-0.1, -0.05) is 6.92 Å². The van der Waals surface area contributed by atoms with Crippen molar-refractivity contribution in [1.29, 1.82) is 0 Å². The van der Waals surface area contributed by atoms with Gasteiger partial charge in [0, 0.05) is 10.9 Å². The van der Waals surface area contributed by atoms with Crippen LogP contribution in [0.25, 0.3) is 0 Å². The van der Waals surface area contributed by atoms with Crippen molar-refractivity contribution in [3.63, 3.8) is 0 Å². The molecule has 0 saturated heterocycles. The Bertz CT molecular complexity index is 330. The van der Waals surface area contributed by atoms with Crippen LogP contribution in [0.1, 0.15) is 35.3 Å². The van der Waals surface area contributed by atoms with E-state index < -0.39 is 0 Å². The minimum atomic E-state index is 0.239. The quantitative estimate of drug-likeness (QED) is 0.718. The van der Waals surface area contributed by atoms with Crippen LogP contribution in [-0.4, -0.2) is 29.8 Å². The van der Waals surface area contributed by atoms with Crippen molar-refractivity contribution in [1.82, 2.24) is 4.90 Å². The fourth-order valence-electron chi connectivity index (χ4n) is 1.51. The zero-order valence-electron chi connectivity index (χ0n) is 9.91. The summed E-state index contributed by atoms with van der Waals surface area (Å²) in [5.41, 5.74) is 0. The fourth-order valence-corrected chi connectivity index (χ4v) is 2.30. The summed E-state index contributed by atoms with van der Waals surface area (Å²) >= 11 is 1.58. The molecule has 0 aromatic carbocycles. The van der Waals surface area contributed by atoms with Crippen LogP contribution in [0.2, 0.25) is 0 Å². The SMILES string of the molecule is CCN(CC(=O)c1ccc(C)s1)C(C)C. The summed E-state index contributed by atoms with van der Waals surface area (Å²) in [5.74, 6) is 0.239. The first-order valence-corrected chi connectivity index (χ1v) is 6.20. The second-order valence-electron chi connectivity index (χ2n) is 3.99. The standard InChI is InChI=1S/C12H19NOS/c1-5-13(9(2)3)8-11(14)12-7-6-10(4)15-12/h6-7,9H,5,8H2,1-4H3. The highest BCUT2D eigenvalue weighted by molar-refractivity contribution is 7.14. The molecular formula is C12H19NOS. The molecule has 1 rings (SSSR count). The van der Waals surface area contributed by atoms with E-state index in [0.29, 0.717) is 12.6 Å². The Kier molecular flexibility index (Phi) is 4.48. The van der Waals surface area contributed by atoms with E-state index in [4.69, 9.17) is 0 Å². The summed E-state index contributed by atoms with van der Waals surface area (Å²) in [4.78, 5) is 16.2. The highest BCUT2D eigenvalue weighted by Gasteiger charge is 2.14. The van der Waals surface area contributed by atoms with Gasteiger partial charge in [0.2, 0.25) is 0 Å². The van der Waals surface area contributed by atoms with Crippen molar-refractivity contribution in [3.8, 4) is 0 Å². The van der Waals surface area contributed by atoms with E-state index in [0.717, 1.165) is 11.4 Å². The average Bonchev–Trinajstić information content (AvgIpc) is 2.60. The summed E-state index contributed by atoms with van der Waals surface area (Å²) in [5, 5.41) is 0. The molecular weight excluding hydrogens is 206 g/mol. The van der Waals surface area contributed by atoms with Gasteiger partial charge in [-0.05, 0) is 39.4 Å². The van der Waals surface area contributed by atoms with Gasteiger partial charge in [0.1, 0.15) is 0 Å². The summed E-state index contributed by atoms with van der Waals surface area (Å²) < 4.78 is 0. The fraction of sp³-hybridized carbons (Fsp3) is 0.583. The normalized spacial score (nSPS) is 11.3. The Labute approximate surface area is 95.9 Å². The van der Waals surface area contributed by atoms with Crippen molar-refractivity contribution in [3.05, 3.63) is 21.9 Å². The molecule has 0 fully saturated rings. The van der Waals surface area contributed by atoms with E-state index in [2.05, 4.69) is 25.7 Å². The predicted octanol–water partition coefficient (Wildman–Crippen LogP) is 2.97. The molecule has 0 atom stereocenters. The number of ketones is 1. The molecule has 1 aromatic rings. The largest absolute Gasteiger partial charge is 0.294 e. The summed E-state index contributed by atoms with van der Waals surface area (Å²) in [7, 11) is 0. The lowest BCUT2D eigenvalue weighted by atomic mass is 10.2. The van der Waals surface area contributed by atoms with Crippen LogP contribution in [0.15, 0.2) is 12.1 Å². The molecule has 0 aliphatic rings. The number of likely N-dealkylation sites (N-methyl/N-ethyl adjacent to an activating group) is 1. The topological polar surface area (TPSA) is 20.3 Å². The molecule has 0 radical (unpaired) electrons. The predicted molar refractivity (Wildman–Crippen MR) is 65.8 cm³/mol. The Morgan fingerprint density at radius 1 is 1.47 bits per heavy atom. The molecule has 1 heterocycles. The molecule has 2 nitrogen and oxygen atoms in total. The Morgan fingerprint density at radius 2 is 2.13 bits per heavy atom. The second-order valence-corrected chi connectivity index (χ2v) is 5.28. The van der Waals surface area contributed by atoms with Crippen LogP contribution in [0.5, 0.6) is 0 Å². The van der Waals surface area contributed by atoms with Gasteiger partial charge in [-0.2, -0.15) is 0 Å². The lowest BCUT2D eigenvalue weighted by Crippen LogP contribution is -2.35. The minimum Gasteiger partial charge on any atom is -0.294 e. The number of thiophene rings is 1. The molecule has 3 heteroatoms. The summed E-state index contributed by atoms with van der Waals surface area (Å²) in [6, 6.07) is 4.36. The van der Waals surface area contributed by atoms with Gasteiger partial charge in [0.25, 0.3) is 0 Å². The lowest BCUT2D eigenvalue weighted by molar-refractivity contribution is 0.0915. The van der Waals surface area contributed by atoms with E-state index in [-0.39, 0.29) is 5.78 Å². The third-order valence-electron chi connectivity index (χ3n) is 2.50. The zero-order chi connectivity index (χ0) is 11.4. The maximum Gasteiger partial charge on any atom is 0.186 e. The zero-order valence-corrected chi connectivity index (χ0v) is 10.7. The first-order valence-electron chi connectivity index (χ1n) is 5.38. The third-order valence-corrected chi connectivity index (χ3v) is 3.54. The number of rotatable bonds is 5. The van der Waals surface area contributed by atoms with E-state index in [1.54, 1.807) is 11.3 Å². The molecule has 0 unspecified atom stereocenters. The van der Waals surface area contributed by atoms with E-state index in [9.17, 15) is 4.79 Å².